The first kappa shape index (κ1) is 21.5. The fraction of sp³-hybridized carbons (Fsp3) is 0.480. The predicted octanol–water partition coefficient (Wildman–Crippen LogP) is 3.74. The molecule has 2 unspecified atom stereocenters. The average molecular weight is 425 g/mol. The predicted molar refractivity (Wildman–Crippen MR) is 121 cm³/mol. The van der Waals surface area contributed by atoms with Crippen molar-refractivity contribution in [2.45, 2.75) is 64.3 Å². The van der Waals surface area contributed by atoms with Gasteiger partial charge in [-0.3, -0.25) is 9.59 Å². The van der Waals surface area contributed by atoms with Crippen molar-refractivity contribution in [2.24, 2.45) is 0 Å². The normalized spacial score (nSPS) is 25.8. The summed E-state index contributed by atoms with van der Waals surface area (Å²) in [5, 5.41) is 10.2. The zero-order valence-corrected chi connectivity index (χ0v) is 18.4. The minimum absolute atomic E-state index is 0.125. The number of fused-ring (bicyclic) bond motifs is 2. The van der Waals surface area contributed by atoms with Gasteiger partial charge in [0.1, 0.15) is 11.4 Å². The molecule has 6 heteroatoms. The number of para-hydroxylation sites is 1. The fourth-order valence-electron chi connectivity index (χ4n) is 5.49. The molecule has 0 amide bonds. The molecule has 2 aliphatic rings. The summed E-state index contributed by atoms with van der Waals surface area (Å²) in [6.45, 7) is 7.22. The molecule has 1 fully saturated rings. The van der Waals surface area contributed by atoms with Crippen molar-refractivity contribution in [2.75, 3.05) is 13.2 Å². The van der Waals surface area contributed by atoms with Crippen LogP contribution in [0.3, 0.4) is 0 Å². The van der Waals surface area contributed by atoms with Crippen LogP contribution in [0.5, 0.6) is 5.75 Å². The van der Waals surface area contributed by atoms with Crippen molar-refractivity contribution >= 4 is 17.7 Å². The molecule has 0 aromatic heterocycles. The number of hydrogen-bond acceptors (Lipinski definition) is 4. The molecule has 31 heavy (non-hydrogen) atoms. The van der Waals surface area contributed by atoms with Crippen LogP contribution in [0.1, 0.15) is 64.0 Å². The van der Waals surface area contributed by atoms with Gasteiger partial charge in [0, 0.05) is 18.1 Å². The number of carboxylic acid groups (broad SMARTS) is 1. The number of piperidine rings is 1. The topological polar surface area (TPSA) is 80.7 Å². The Morgan fingerprint density at radius 1 is 1.23 bits per heavy atom. The molecule has 6 nitrogen and oxygen atoms in total. The number of quaternary nitrogens is 1. The van der Waals surface area contributed by atoms with E-state index in [0.717, 1.165) is 42.6 Å². The van der Waals surface area contributed by atoms with Crippen molar-refractivity contribution in [3.05, 3.63) is 61.5 Å². The highest BCUT2D eigenvalue weighted by molar-refractivity contribution is 5.84. The van der Waals surface area contributed by atoms with Gasteiger partial charge >= 0.3 is 5.97 Å². The van der Waals surface area contributed by atoms with E-state index in [4.69, 9.17) is 4.74 Å². The van der Waals surface area contributed by atoms with E-state index >= 15 is 0 Å². The summed E-state index contributed by atoms with van der Waals surface area (Å²) in [5.74, 6) is -0.706. The Hall–Kier alpha value is -2.73. The second-order valence-corrected chi connectivity index (χ2v) is 9.22. The number of allylic oxidation sites excluding steroid dienone is 1. The highest BCUT2D eigenvalue weighted by Crippen LogP contribution is 2.56. The van der Waals surface area contributed by atoms with E-state index in [2.05, 4.69) is 13.8 Å². The molecular weight excluding hydrogens is 394 g/mol. The Morgan fingerprint density at radius 2 is 1.97 bits per heavy atom. The van der Waals surface area contributed by atoms with Crippen molar-refractivity contribution in [3.63, 3.8) is 0 Å². The number of ether oxygens (including phenoxy) is 1. The van der Waals surface area contributed by atoms with Crippen LogP contribution >= 0.6 is 0 Å². The van der Waals surface area contributed by atoms with E-state index in [1.165, 1.54) is 0 Å². The summed E-state index contributed by atoms with van der Waals surface area (Å²) in [6, 6.07) is 7.35. The molecule has 164 valence electrons. The van der Waals surface area contributed by atoms with E-state index in [0.29, 0.717) is 19.6 Å². The second kappa shape index (κ2) is 7.75. The Bertz CT molecular complexity index is 1120. The van der Waals surface area contributed by atoms with E-state index in [-0.39, 0.29) is 15.8 Å². The molecular formula is C25H30NO5+. The zero-order valence-electron chi connectivity index (χ0n) is 18.4. The molecule has 1 N–H and O–H groups in total. The van der Waals surface area contributed by atoms with Crippen molar-refractivity contribution in [3.8, 4) is 5.75 Å². The Morgan fingerprint density at radius 3 is 2.68 bits per heavy atom. The Labute approximate surface area is 182 Å². The molecule has 2 aromatic rings. The first-order chi connectivity index (χ1) is 14.8. The lowest BCUT2D eigenvalue weighted by atomic mass is 9.82. The largest absolute Gasteiger partial charge is 0.489 e. The monoisotopic (exact) mass is 424 g/mol. The lowest BCUT2D eigenvalue weighted by Gasteiger charge is -2.44. The first-order valence-corrected chi connectivity index (χ1v) is 11.2. The molecule has 0 aliphatic carbocycles. The second-order valence-electron chi connectivity index (χ2n) is 9.22. The van der Waals surface area contributed by atoms with Crippen LogP contribution in [0.15, 0.2) is 39.6 Å². The lowest BCUT2D eigenvalue weighted by molar-refractivity contribution is -0.143. The summed E-state index contributed by atoms with van der Waals surface area (Å²) >= 11 is 0. The molecule has 1 spiro atoms. The SMILES string of the molecule is CCCCOc1c(C=C2C(C)(C)c3ccccc3[N+]23CCCCC3C(=O)O)c(=O)c1=O. The summed E-state index contributed by atoms with van der Waals surface area (Å²) in [6.07, 6.45) is 5.83. The summed E-state index contributed by atoms with van der Waals surface area (Å²) in [4.78, 5) is 37.1. The smallest absolute Gasteiger partial charge is 0.363 e. The standard InChI is InChI=1S/C25H29NO5/c1-4-5-14-31-23-16(21(27)22(23)28)15-20-25(2,3)17-10-6-7-11-18(17)26(20)13-9-8-12-19(26)24(29)30/h6-7,10-11,15,19H,4-5,8-9,12-14H2,1-3H3/p+1. The number of carboxylic acids is 1. The van der Waals surface area contributed by atoms with E-state index in [1.54, 1.807) is 6.08 Å². The Balaban J connectivity index is 1.93. The summed E-state index contributed by atoms with van der Waals surface area (Å²) in [7, 11) is 0. The van der Waals surface area contributed by atoms with Gasteiger partial charge in [0.2, 0.25) is 5.43 Å². The van der Waals surface area contributed by atoms with E-state index < -0.39 is 28.3 Å². The zero-order chi connectivity index (χ0) is 22.4. The third kappa shape index (κ3) is 3.07. The molecule has 1 saturated heterocycles. The Kier molecular flexibility index (Phi) is 5.38. The van der Waals surface area contributed by atoms with Crippen LogP contribution in [0.25, 0.3) is 6.08 Å². The van der Waals surface area contributed by atoms with Crippen LogP contribution in [-0.4, -0.2) is 30.3 Å². The van der Waals surface area contributed by atoms with Gasteiger partial charge in [-0.05, 0) is 39.2 Å². The summed E-state index contributed by atoms with van der Waals surface area (Å²) in [5.41, 5.74) is 1.57. The maximum Gasteiger partial charge on any atom is 0.363 e. The minimum atomic E-state index is -0.831. The van der Waals surface area contributed by atoms with Crippen LogP contribution < -0.4 is 20.1 Å². The maximum absolute atomic E-state index is 12.5. The van der Waals surface area contributed by atoms with Crippen molar-refractivity contribution < 1.29 is 14.6 Å². The van der Waals surface area contributed by atoms with Crippen molar-refractivity contribution in [1.29, 1.82) is 0 Å². The van der Waals surface area contributed by atoms with Crippen molar-refractivity contribution in [1.82, 2.24) is 4.48 Å². The van der Waals surface area contributed by atoms with Gasteiger partial charge in [0.15, 0.2) is 11.8 Å². The molecule has 2 aromatic carbocycles. The number of rotatable bonds is 6. The van der Waals surface area contributed by atoms with E-state index in [1.807, 2.05) is 31.2 Å². The fourth-order valence-corrected chi connectivity index (χ4v) is 5.49. The number of benzene rings is 1. The van der Waals surface area contributed by atoms with Crippen LogP contribution in [0.4, 0.5) is 5.69 Å². The van der Waals surface area contributed by atoms with Gasteiger partial charge < -0.3 is 9.84 Å². The molecule has 0 bridgehead atoms. The maximum atomic E-state index is 12.5. The number of hydrogen-bond donors (Lipinski definition) is 1. The van der Waals surface area contributed by atoms with E-state index in [9.17, 15) is 19.5 Å². The highest BCUT2D eigenvalue weighted by Gasteiger charge is 2.60. The van der Waals surface area contributed by atoms with Gasteiger partial charge in [-0.15, -0.1) is 0 Å². The average Bonchev–Trinajstić information content (AvgIpc) is 2.94. The third-order valence-corrected chi connectivity index (χ3v) is 7.06. The quantitative estimate of drug-likeness (QED) is 0.434. The third-order valence-electron chi connectivity index (χ3n) is 7.06. The highest BCUT2D eigenvalue weighted by atomic mass is 16.5. The summed E-state index contributed by atoms with van der Waals surface area (Å²) < 4.78 is 5.87. The van der Waals surface area contributed by atoms with Gasteiger partial charge in [0.25, 0.3) is 5.43 Å². The van der Waals surface area contributed by atoms with Gasteiger partial charge in [0.05, 0.1) is 24.1 Å². The number of carbonyl (C=O) groups is 1. The lowest BCUT2D eigenvalue weighted by Crippen LogP contribution is -2.61. The molecule has 2 heterocycles. The number of nitrogens with zero attached hydrogens (tertiary/aromatic N) is 1. The van der Waals surface area contributed by atoms with Crippen LogP contribution in [-0.2, 0) is 10.2 Å². The molecule has 2 atom stereocenters. The van der Waals surface area contributed by atoms with Gasteiger partial charge in [-0.25, -0.2) is 9.28 Å². The minimum Gasteiger partial charge on any atom is -0.489 e. The van der Waals surface area contributed by atoms with Gasteiger partial charge in [-0.2, -0.15) is 0 Å². The van der Waals surface area contributed by atoms with Crippen LogP contribution in [0, 0.1) is 0 Å². The first-order valence-electron chi connectivity index (χ1n) is 11.2. The van der Waals surface area contributed by atoms with Gasteiger partial charge in [-0.1, -0.05) is 31.5 Å². The molecule has 0 saturated carbocycles. The number of unbranched alkanes of at least 4 members (excludes halogenated alkanes) is 1. The molecule has 4 rings (SSSR count). The number of aliphatic carboxylic acids is 1. The van der Waals surface area contributed by atoms with Crippen LogP contribution in [0.2, 0.25) is 0 Å². The molecule has 0 radical (unpaired) electrons. The molecule has 2 aliphatic heterocycles.